The van der Waals surface area contributed by atoms with Crippen molar-refractivity contribution in [3.8, 4) is 0 Å². The molecule has 0 amide bonds. The monoisotopic (exact) mass is 813 g/mol. The maximum Gasteiger partial charge on any atom is 0.303 e. The molecule has 13 nitrogen and oxygen atoms in total. The number of allylic oxidation sites excluding steroid dienone is 8. The number of hydrogen-bond donors (Lipinski definition) is 1. The van der Waals surface area contributed by atoms with Gasteiger partial charge in [-0.1, -0.05) is 36.8 Å². The van der Waals surface area contributed by atoms with E-state index in [-0.39, 0.29) is 16.2 Å². The van der Waals surface area contributed by atoms with Gasteiger partial charge in [-0.05, 0) is 88.9 Å². The Hall–Kier alpha value is -3.96. The molecule has 0 aromatic heterocycles. The SMILES string of the molecule is CC[N+]1=C(C=CC=CC=CC=C2N(CCCCCC(=O)O)c3ccc(S(=O)(=O)[O-])cc3C2(C)CCOCCOCCOC)C(C)(C)c2cc(S(=O)(=O)[O-])ccc21. The van der Waals surface area contributed by atoms with E-state index in [1.807, 2.05) is 70.2 Å². The van der Waals surface area contributed by atoms with E-state index >= 15 is 0 Å². The van der Waals surface area contributed by atoms with Crippen LogP contribution in [0, 0.1) is 0 Å². The molecule has 1 N–H and O–H groups in total. The molecule has 4 rings (SSSR count). The first-order valence-corrected chi connectivity index (χ1v) is 21.5. The number of methoxy groups -OCH3 is 1. The van der Waals surface area contributed by atoms with Gasteiger partial charge in [0.2, 0.25) is 5.69 Å². The summed E-state index contributed by atoms with van der Waals surface area (Å²) in [5.74, 6) is -0.849. The van der Waals surface area contributed by atoms with E-state index < -0.39 is 37.0 Å². The lowest BCUT2D eigenvalue weighted by Gasteiger charge is -2.30. The molecule has 1 atom stereocenters. The van der Waals surface area contributed by atoms with Crippen LogP contribution in [0.15, 0.2) is 94.4 Å². The number of aliphatic carboxylic acids is 1. The first-order valence-electron chi connectivity index (χ1n) is 18.7. The molecule has 2 aromatic rings. The second-order valence-electron chi connectivity index (χ2n) is 14.4. The van der Waals surface area contributed by atoms with Crippen molar-refractivity contribution in [2.24, 2.45) is 0 Å². The van der Waals surface area contributed by atoms with Crippen LogP contribution in [0.25, 0.3) is 0 Å². The van der Waals surface area contributed by atoms with Crippen LogP contribution in [0.4, 0.5) is 11.4 Å². The number of anilines is 1. The number of fused-ring (bicyclic) bond motifs is 2. The van der Waals surface area contributed by atoms with Gasteiger partial charge in [0.05, 0.1) is 41.6 Å². The van der Waals surface area contributed by atoms with Gasteiger partial charge < -0.3 is 33.3 Å². The number of rotatable bonds is 22. The Bertz CT molecular complexity index is 2100. The van der Waals surface area contributed by atoms with Crippen LogP contribution in [-0.2, 0) is 50.1 Å². The molecular weight excluding hydrogens is 761 g/mol. The number of carbonyl (C=O) groups is 1. The van der Waals surface area contributed by atoms with Crippen LogP contribution < -0.4 is 4.90 Å². The van der Waals surface area contributed by atoms with Gasteiger partial charge in [-0.3, -0.25) is 4.79 Å². The molecular formula is C41H53N2O11S2-. The summed E-state index contributed by atoms with van der Waals surface area (Å²) >= 11 is 0. The highest BCUT2D eigenvalue weighted by atomic mass is 32.2. The molecule has 0 fully saturated rings. The van der Waals surface area contributed by atoms with Gasteiger partial charge in [-0.15, -0.1) is 0 Å². The molecule has 0 aliphatic carbocycles. The van der Waals surface area contributed by atoms with Crippen LogP contribution >= 0.6 is 0 Å². The minimum atomic E-state index is -4.73. The topological polar surface area (TPSA) is 186 Å². The smallest absolute Gasteiger partial charge is 0.303 e. The Labute approximate surface area is 331 Å². The first kappa shape index (κ1) is 44.8. The van der Waals surface area contributed by atoms with Crippen LogP contribution in [0.2, 0.25) is 0 Å². The van der Waals surface area contributed by atoms with E-state index in [4.69, 9.17) is 19.3 Å². The Balaban J connectivity index is 1.60. The van der Waals surface area contributed by atoms with E-state index in [1.54, 1.807) is 19.2 Å². The summed E-state index contributed by atoms with van der Waals surface area (Å²) in [6.45, 7) is 11.2. The van der Waals surface area contributed by atoms with Gasteiger partial charge in [-0.25, -0.2) is 16.8 Å². The van der Waals surface area contributed by atoms with Gasteiger partial charge >= 0.3 is 5.97 Å². The minimum absolute atomic E-state index is 0.0740. The predicted molar refractivity (Wildman–Crippen MR) is 212 cm³/mol. The van der Waals surface area contributed by atoms with Crippen molar-refractivity contribution in [2.45, 2.75) is 80.4 Å². The number of carboxylic acids is 1. The number of benzene rings is 2. The number of ether oxygens (including phenoxy) is 3. The lowest BCUT2D eigenvalue weighted by atomic mass is 9.78. The molecule has 2 heterocycles. The van der Waals surface area contributed by atoms with Crippen LogP contribution in [0.1, 0.15) is 70.9 Å². The molecule has 0 radical (unpaired) electrons. The molecule has 56 heavy (non-hydrogen) atoms. The largest absolute Gasteiger partial charge is 0.744 e. The second kappa shape index (κ2) is 19.5. The van der Waals surface area contributed by atoms with Crippen LogP contribution in [0.3, 0.4) is 0 Å². The Morgan fingerprint density at radius 1 is 0.821 bits per heavy atom. The molecule has 15 heteroatoms. The normalized spacial score (nSPS) is 19.0. The number of nitrogens with zero attached hydrogens (tertiary/aromatic N) is 2. The van der Waals surface area contributed by atoms with Crippen molar-refractivity contribution in [1.82, 2.24) is 0 Å². The van der Waals surface area contributed by atoms with E-state index in [0.29, 0.717) is 77.4 Å². The zero-order chi connectivity index (χ0) is 41.1. The third-order valence-electron chi connectivity index (χ3n) is 10.2. The summed E-state index contributed by atoms with van der Waals surface area (Å²) < 4.78 is 90.1. The van der Waals surface area contributed by atoms with Gasteiger partial charge in [0.25, 0.3) is 0 Å². The van der Waals surface area contributed by atoms with Crippen molar-refractivity contribution in [3.63, 3.8) is 0 Å². The molecule has 2 aromatic carbocycles. The molecule has 2 aliphatic rings. The Kier molecular flexibility index (Phi) is 15.6. The Morgan fingerprint density at radius 2 is 1.43 bits per heavy atom. The van der Waals surface area contributed by atoms with Crippen LogP contribution in [0.5, 0.6) is 0 Å². The fourth-order valence-electron chi connectivity index (χ4n) is 7.29. The highest BCUT2D eigenvalue weighted by molar-refractivity contribution is 7.86. The van der Waals surface area contributed by atoms with E-state index in [1.165, 1.54) is 24.3 Å². The highest BCUT2D eigenvalue weighted by Crippen LogP contribution is 2.51. The summed E-state index contributed by atoms with van der Waals surface area (Å²) in [6.07, 6.45) is 15.8. The van der Waals surface area contributed by atoms with Gasteiger partial charge in [-0.2, -0.15) is 4.58 Å². The van der Waals surface area contributed by atoms with Gasteiger partial charge in [0.1, 0.15) is 26.8 Å². The molecule has 0 bridgehead atoms. The predicted octanol–water partition coefficient (Wildman–Crippen LogP) is 5.94. The van der Waals surface area contributed by atoms with Crippen molar-refractivity contribution < 1.29 is 54.6 Å². The zero-order valence-corrected chi connectivity index (χ0v) is 34.4. The summed E-state index contributed by atoms with van der Waals surface area (Å²) in [5.41, 5.74) is 3.62. The first-order chi connectivity index (χ1) is 26.5. The number of carboxylic acid groups (broad SMARTS) is 1. The summed E-state index contributed by atoms with van der Waals surface area (Å²) in [7, 11) is -7.73. The van der Waals surface area contributed by atoms with Crippen molar-refractivity contribution in [2.75, 3.05) is 58.1 Å². The average Bonchev–Trinajstić information content (AvgIpc) is 3.49. The fraction of sp³-hybridized carbons (Fsp3) is 0.463. The standard InChI is InChI=1S/C41H54N2O11S2/c1-6-42-35-20-18-31(55(46,47)48)29-33(35)40(2,3)37(42)15-11-8-7-9-12-16-38-41(4,22-24-53-27-28-54-26-25-52-5)34-30-32(56(49,50)51)19-21-36(34)43(38)23-14-10-13-17-39(44)45/h7-9,11-12,15-16,18-21,29-30H,6,10,13-14,17,22-28H2,1-5H3,(H2-,44,45,46,47,48,49,50,51)/p-1. The quantitative estimate of drug-likeness (QED) is 0.0640. The highest BCUT2D eigenvalue weighted by Gasteiger charge is 2.45. The van der Waals surface area contributed by atoms with Crippen LogP contribution in [-0.4, -0.2) is 101 Å². The fourth-order valence-corrected chi connectivity index (χ4v) is 8.28. The lowest BCUT2D eigenvalue weighted by Crippen LogP contribution is -2.30. The Morgan fingerprint density at radius 3 is 2.07 bits per heavy atom. The summed E-state index contributed by atoms with van der Waals surface area (Å²) in [5, 5.41) is 9.11. The average molecular weight is 814 g/mol. The molecule has 1 unspecified atom stereocenters. The second-order valence-corrected chi connectivity index (χ2v) is 17.1. The van der Waals surface area contributed by atoms with Crippen molar-refractivity contribution >= 4 is 43.3 Å². The third-order valence-corrected chi connectivity index (χ3v) is 11.9. The molecule has 0 spiro atoms. The zero-order valence-electron chi connectivity index (χ0n) is 32.7. The third kappa shape index (κ3) is 10.9. The maximum atomic E-state index is 12.1. The van der Waals surface area contributed by atoms with Crippen molar-refractivity contribution in [1.29, 1.82) is 0 Å². The number of hydrogen-bond acceptors (Lipinski definition) is 11. The minimum Gasteiger partial charge on any atom is -0.744 e. The van der Waals surface area contributed by atoms with Gasteiger partial charge in [0, 0.05) is 61.2 Å². The summed E-state index contributed by atoms with van der Waals surface area (Å²) in [4.78, 5) is 12.6. The number of unbranched alkanes of at least 4 members (excludes halogenated alkanes) is 2. The molecule has 2 aliphatic heterocycles. The molecule has 0 saturated heterocycles. The summed E-state index contributed by atoms with van der Waals surface area (Å²) in [6, 6.07) is 8.94. The van der Waals surface area contributed by atoms with Crippen molar-refractivity contribution in [3.05, 3.63) is 95.8 Å². The maximum absolute atomic E-state index is 12.1. The van der Waals surface area contributed by atoms with E-state index in [2.05, 4.69) is 9.48 Å². The van der Waals surface area contributed by atoms with E-state index in [0.717, 1.165) is 28.3 Å². The van der Waals surface area contributed by atoms with E-state index in [9.17, 15) is 30.7 Å². The molecule has 0 saturated carbocycles. The molecule has 306 valence electrons. The lowest BCUT2D eigenvalue weighted by molar-refractivity contribution is -0.433. The van der Waals surface area contributed by atoms with Gasteiger partial charge in [0.15, 0.2) is 5.71 Å².